The van der Waals surface area contributed by atoms with Gasteiger partial charge >= 0.3 is 0 Å². The molecule has 0 aliphatic carbocycles. The smallest absolute Gasteiger partial charge is 0.122 e. The number of rotatable bonds is 4. The molecule has 3 rings (SSSR count). The first-order valence-corrected chi connectivity index (χ1v) is 7.06. The molecule has 3 nitrogen and oxygen atoms in total. The van der Waals surface area contributed by atoms with Gasteiger partial charge in [-0.05, 0) is 49.2 Å². The summed E-state index contributed by atoms with van der Waals surface area (Å²) in [6.07, 6.45) is 7.21. The third kappa shape index (κ3) is 2.57. The Labute approximate surface area is 119 Å². The number of hydrogen-bond acceptors (Lipinski definition) is 3. The number of benzene rings is 1. The van der Waals surface area contributed by atoms with Crippen LogP contribution in [-0.4, -0.2) is 5.54 Å². The molecule has 3 heteroatoms. The monoisotopic (exact) mass is 268 g/mol. The Kier molecular flexibility index (Phi) is 3.26. The highest BCUT2D eigenvalue weighted by Gasteiger charge is 2.22. The lowest BCUT2D eigenvalue weighted by atomic mass is 9.92. The van der Waals surface area contributed by atoms with Crippen molar-refractivity contribution in [2.24, 2.45) is 0 Å². The number of hydrogen-bond donors (Lipinski definition) is 2. The van der Waals surface area contributed by atoms with E-state index in [0.717, 1.165) is 17.9 Å². The summed E-state index contributed by atoms with van der Waals surface area (Å²) >= 11 is 0. The van der Waals surface area contributed by atoms with E-state index in [2.05, 4.69) is 54.8 Å². The van der Waals surface area contributed by atoms with E-state index in [1.165, 1.54) is 11.3 Å². The summed E-state index contributed by atoms with van der Waals surface area (Å²) in [6, 6.07) is 10.3. The van der Waals surface area contributed by atoms with Gasteiger partial charge in [0.2, 0.25) is 0 Å². The minimum Gasteiger partial charge on any atom is -0.467 e. The number of anilines is 2. The average molecular weight is 268 g/mol. The van der Waals surface area contributed by atoms with Crippen LogP contribution in [0.25, 0.3) is 6.08 Å². The Bertz CT molecular complexity index is 616. The van der Waals surface area contributed by atoms with Gasteiger partial charge in [-0.1, -0.05) is 19.1 Å². The van der Waals surface area contributed by atoms with Crippen molar-refractivity contribution >= 4 is 17.5 Å². The van der Waals surface area contributed by atoms with Crippen molar-refractivity contribution in [3.05, 3.63) is 54.0 Å². The lowest BCUT2D eigenvalue weighted by molar-refractivity contribution is 0.518. The fraction of sp³-hybridized carbons (Fsp3) is 0.294. The normalized spacial score (nSPS) is 20.3. The van der Waals surface area contributed by atoms with E-state index in [9.17, 15) is 0 Å². The van der Waals surface area contributed by atoms with Crippen molar-refractivity contribution < 1.29 is 4.42 Å². The molecule has 2 N–H and O–H groups in total. The van der Waals surface area contributed by atoms with Crippen LogP contribution in [-0.2, 0) is 6.54 Å². The van der Waals surface area contributed by atoms with Gasteiger partial charge in [0.25, 0.3) is 0 Å². The molecule has 0 spiro atoms. The van der Waals surface area contributed by atoms with Gasteiger partial charge in [-0.15, -0.1) is 0 Å². The zero-order valence-electron chi connectivity index (χ0n) is 11.9. The zero-order valence-corrected chi connectivity index (χ0v) is 11.9. The van der Waals surface area contributed by atoms with Crippen molar-refractivity contribution in [3.8, 4) is 0 Å². The fourth-order valence-electron chi connectivity index (χ4n) is 2.36. The fourth-order valence-corrected chi connectivity index (χ4v) is 2.36. The van der Waals surface area contributed by atoms with Crippen LogP contribution < -0.4 is 10.6 Å². The molecule has 0 saturated carbocycles. The molecular weight excluding hydrogens is 248 g/mol. The second-order valence-electron chi connectivity index (χ2n) is 5.46. The highest BCUT2D eigenvalue weighted by molar-refractivity contribution is 5.75. The molecule has 1 aromatic carbocycles. The summed E-state index contributed by atoms with van der Waals surface area (Å²) in [6.45, 7) is 5.12. The Morgan fingerprint density at radius 2 is 2.20 bits per heavy atom. The summed E-state index contributed by atoms with van der Waals surface area (Å²) in [5, 5.41) is 6.96. The van der Waals surface area contributed by atoms with Crippen LogP contribution in [0.5, 0.6) is 0 Å². The summed E-state index contributed by atoms with van der Waals surface area (Å²) in [4.78, 5) is 0. The summed E-state index contributed by atoms with van der Waals surface area (Å²) in [7, 11) is 0. The van der Waals surface area contributed by atoms with E-state index in [4.69, 9.17) is 4.42 Å². The van der Waals surface area contributed by atoms with Crippen LogP contribution in [0.1, 0.15) is 31.6 Å². The van der Waals surface area contributed by atoms with Crippen LogP contribution in [0, 0.1) is 0 Å². The van der Waals surface area contributed by atoms with E-state index in [0.29, 0.717) is 6.54 Å². The molecule has 0 radical (unpaired) electrons. The Balaban J connectivity index is 1.74. The predicted molar refractivity (Wildman–Crippen MR) is 83.8 cm³/mol. The van der Waals surface area contributed by atoms with Crippen molar-refractivity contribution in [2.45, 2.75) is 32.4 Å². The van der Waals surface area contributed by atoms with Crippen LogP contribution in [0.4, 0.5) is 11.4 Å². The van der Waals surface area contributed by atoms with Crippen molar-refractivity contribution in [3.63, 3.8) is 0 Å². The highest BCUT2D eigenvalue weighted by atomic mass is 16.3. The summed E-state index contributed by atoms with van der Waals surface area (Å²) < 4.78 is 5.32. The molecule has 1 aliphatic heterocycles. The first-order chi connectivity index (χ1) is 9.68. The van der Waals surface area contributed by atoms with Gasteiger partial charge in [0.15, 0.2) is 0 Å². The molecule has 0 amide bonds. The first kappa shape index (κ1) is 12.9. The van der Waals surface area contributed by atoms with Crippen molar-refractivity contribution in [1.29, 1.82) is 0 Å². The lowest BCUT2D eigenvalue weighted by Crippen LogP contribution is -2.33. The topological polar surface area (TPSA) is 37.2 Å². The molecule has 2 aromatic rings. The van der Waals surface area contributed by atoms with Gasteiger partial charge in [-0.2, -0.15) is 0 Å². The maximum Gasteiger partial charge on any atom is 0.122 e. The second kappa shape index (κ2) is 5.08. The van der Waals surface area contributed by atoms with E-state index in [1.54, 1.807) is 6.26 Å². The maximum atomic E-state index is 5.32. The third-order valence-electron chi connectivity index (χ3n) is 3.88. The van der Waals surface area contributed by atoms with Gasteiger partial charge in [0.05, 0.1) is 18.3 Å². The van der Waals surface area contributed by atoms with Gasteiger partial charge in [0.1, 0.15) is 5.76 Å². The van der Waals surface area contributed by atoms with E-state index in [-0.39, 0.29) is 5.54 Å². The minimum atomic E-state index is 0.0656. The van der Waals surface area contributed by atoms with E-state index < -0.39 is 0 Å². The van der Waals surface area contributed by atoms with Crippen LogP contribution in [0.3, 0.4) is 0 Å². The predicted octanol–water partition coefficient (Wildman–Crippen LogP) is 4.50. The summed E-state index contributed by atoms with van der Waals surface area (Å²) in [5.41, 5.74) is 3.59. The van der Waals surface area contributed by atoms with Crippen molar-refractivity contribution in [2.75, 3.05) is 10.6 Å². The van der Waals surface area contributed by atoms with Crippen molar-refractivity contribution in [1.82, 2.24) is 0 Å². The summed E-state index contributed by atoms with van der Waals surface area (Å²) in [5.74, 6) is 0.940. The SMILES string of the molecule is CCC1(C)C=Cc2cc(NCc3ccco3)ccc2N1. The minimum absolute atomic E-state index is 0.0656. The molecule has 1 aliphatic rings. The highest BCUT2D eigenvalue weighted by Crippen LogP contribution is 2.31. The maximum absolute atomic E-state index is 5.32. The van der Waals surface area contributed by atoms with E-state index >= 15 is 0 Å². The molecule has 2 heterocycles. The number of fused-ring (bicyclic) bond motifs is 1. The lowest BCUT2D eigenvalue weighted by Gasteiger charge is -2.32. The van der Waals surface area contributed by atoms with Gasteiger partial charge in [-0.3, -0.25) is 0 Å². The molecular formula is C17H20N2O. The van der Waals surface area contributed by atoms with Crippen LogP contribution in [0.15, 0.2) is 47.1 Å². The Morgan fingerprint density at radius 1 is 1.30 bits per heavy atom. The quantitative estimate of drug-likeness (QED) is 0.857. The van der Waals surface area contributed by atoms with Gasteiger partial charge < -0.3 is 15.1 Å². The van der Waals surface area contributed by atoms with Crippen LogP contribution in [0.2, 0.25) is 0 Å². The molecule has 1 unspecified atom stereocenters. The second-order valence-corrected chi connectivity index (χ2v) is 5.46. The standard InChI is InChI=1S/C17H20N2O/c1-3-17(2)9-8-13-11-14(6-7-16(13)19-17)18-12-15-5-4-10-20-15/h4-11,18-19H,3,12H2,1-2H3. The Morgan fingerprint density at radius 3 is 2.95 bits per heavy atom. The largest absolute Gasteiger partial charge is 0.467 e. The van der Waals surface area contributed by atoms with Gasteiger partial charge in [-0.25, -0.2) is 0 Å². The Hall–Kier alpha value is -2.16. The number of furan rings is 1. The molecule has 1 aromatic heterocycles. The molecule has 0 saturated heterocycles. The third-order valence-corrected chi connectivity index (χ3v) is 3.88. The molecule has 20 heavy (non-hydrogen) atoms. The molecule has 0 fully saturated rings. The first-order valence-electron chi connectivity index (χ1n) is 7.06. The zero-order chi connectivity index (χ0) is 14.0. The van der Waals surface area contributed by atoms with Gasteiger partial charge in [0, 0.05) is 11.4 Å². The molecule has 104 valence electrons. The molecule has 0 bridgehead atoms. The number of nitrogens with one attached hydrogen (secondary N) is 2. The van der Waals surface area contributed by atoms with Crippen LogP contribution >= 0.6 is 0 Å². The van der Waals surface area contributed by atoms with E-state index in [1.807, 2.05) is 12.1 Å². The average Bonchev–Trinajstić information content (AvgIpc) is 2.98. The molecule has 1 atom stereocenters.